The molecule has 0 N–H and O–H groups in total. The van der Waals surface area contributed by atoms with Gasteiger partial charge in [0.25, 0.3) is 0 Å². The van der Waals surface area contributed by atoms with Crippen LogP contribution in [0.4, 0.5) is 13.2 Å². The van der Waals surface area contributed by atoms with Gasteiger partial charge in [0.2, 0.25) is 0 Å². The number of rotatable bonds is 5. The highest BCUT2D eigenvalue weighted by atomic mass is 19.4. The van der Waals surface area contributed by atoms with Crippen LogP contribution in [0.1, 0.15) is 21.5 Å². The zero-order valence-electron chi connectivity index (χ0n) is 13.1. The van der Waals surface area contributed by atoms with Gasteiger partial charge in [0.05, 0.1) is 19.8 Å². The molecular formula is C18H15F3O3. The van der Waals surface area contributed by atoms with E-state index in [0.717, 1.165) is 24.3 Å². The number of carbonyl (C=O) groups excluding carboxylic acids is 1. The summed E-state index contributed by atoms with van der Waals surface area (Å²) in [5, 5.41) is 0. The smallest absolute Gasteiger partial charge is 0.416 e. The molecule has 2 aromatic carbocycles. The van der Waals surface area contributed by atoms with Crippen LogP contribution in [-0.4, -0.2) is 20.0 Å². The van der Waals surface area contributed by atoms with Gasteiger partial charge in [-0.05, 0) is 42.5 Å². The number of benzene rings is 2. The van der Waals surface area contributed by atoms with Crippen molar-refractivity contribution in [3.63, 3.8) is 0 Å². The maximum atomic E-state index is 12.5. The van der Waals surface area contributed by atoms with E-state index in [9.17, 15) is 18.0 Å². The van der Waals surface area contributed by atoms with Crippen molar-refractivity contribution in [1.82, 2.24) is 0 Å². The molecule has 24 heavy (non-hydrogen) atoms. The van der Waals surface area contributed by atoms with Crippen molar-refractivity contribution in [3.05, 3.63) is 65.2 Å². The minimum atomic E-state index is -4.43. The molecule has 3 nitrogen and oxygen atoms in total. The zero-order chi connectivity index (χ0) is 17.7. The SMILES string of the molecule is COc1ccc(OC)c(/C=C/C(=O)c2ccc(C(F)(F)F)cc2)c1. The van der Waals surface area contributed by atoms with E-state index >= 15 is 0 Å². The van der Waals surface area contributed by atoms with Gasteiger partial charge in [-0.25, -0.2) is 0 Å². The summed E-state index contributed by atoms with van der Waals surface area (Å²) in [6.45, 7) is 0. The van der Waals surface area contributed by atoms with E-state index in [1.54, 1.807) is 18.2 Å². The molecule has 2 rings (SSSR count). The summed E-state index contributed by atoms with van der Waals surface area (Å²) >= 11 is 0. The lowest BCUT2D eigenvalue weighted by atomic mass is 10.1. The molecule has 0 aromatic heterocycles. The van der Waals surface area contributed by atoms with E-state index in [0.29, 0.717) is 17.1 Å². The quantitative estimate of drug-likeness (QED) is 0.590. The van der Waals surface area contributed by atoms with Crippen molar-refractivity contribution >= 4 is 11.9 Å². The summed E-state index contributed by atoms with van der Waals surface area (Å²) in [5.41, 5.74) is -0.00396. The number of carbonyl (C=O) groups is 1. The average molecular weight is 336 g/mol. The molecule has 0 saturated carbocycles. The van der Waals surface area contributed by atoms with E-state index in [4.69, 9.17) is 9.47 Å². The van der Waals surface area contributed by atoms with Crippen LogP contribution in [0.3, 0.4) is 0 Å². The minimum absolute atomic E-state index is 0.168. The second-order valence-electron chi connectivity index (χ2n) is 4.88. The lowest BCUT2D eigenvalue weighted by Gasteiger charge is -2.07. The van der Waals surface area contributed by atoms with Crippen LogP contribution < -0.4 is 9.47 Å². The molecule has 0 unspecified atom stereocenters. The number of hydrogen-bond donors (Lipinski definition) is 0. The summed E-state index contributed by atoms with van der Waals surface area (Å²) < 4.78 is 47.9. The highest BCUT2D eigenvalue weighted by molar-refractivity contribution is 6.07. The van der Waals surface area contributed by atoms with E-state index < -0.39 is 17.5 Å². The molecule has 0 heterocycles. The van der Waals surface area contributed by atoms with Crippen molar-refractivity contribution in [3.8, 4) is 11.5 Å². The van der Waals surface area contributed by atoms with E-state index in [2.05, 4.69) is 0 Å². The highest BCUT2D eigenvalue weighted by Gasteiger charge is 2.30. The fourth-order valence-electron chi connectivity index (χ4n) is 2.05. The van der Waals surface area contributed by atoms with Crippen molar-refractivity contribution in [2.75, 3.05) is 14.2 Å². The fraction of sp³-hybridized carbons (Fsp3) is 0.167. The van der Waals surface area contributed by atoms with E-state index in [1.807, 2.05) is 0 Å². The average Bonchev–Trinajstić information content (AvgIpc) is 2.58. The third-order valence-electron chi connectivity index (χ3n) is 3.35. The lowest BCUT2D eigenvalue weighted by Crippen LogP contribution is -2.05. The second-order valence-corrected chi connectivity index (χ2v) is 4.88. The first-order valence-electron chi connectivity index (χ1n) is 6.97. The summed E-state index contributed by atoms with van der Waals surface area (Å²) in [7, 11) is 3.01. The second kappa shape index (κ2) is 7.21. The number of alkyl halides is 3. The Morgan fingerprint density at radius 1 is 1.00 bits per heavy atom. The highest BCUT2D eigenvalue weighted by Crippen LogP contribution is 2.29. The topological polar surface area (TPSA) is 35.5 Å². The molecule has 0 amide bonds. The number of allylic oxidation sites excluding steroid dienone is 1. The first-order chi connectivity index (χ1) is 11.3. The predicted molar refractivity (Wildman–Crippen MR) is 84.4 cm³/mol. The largest absolute Gasteiger partial charge is 0.497 e. The normalized spacial score (nSPS) is 11.5. The number of ketones is 1. The predicted octanol–water partition coefficient (Wildman–Crippen LogP) is 4.62. The molecule has 0 aliphatic carbocycles. The van der Waals surface area contributed by atoms with Gasteiger partial charge in [0.1, 0.15) is 11.5 Å². The Morgan fingerprint density at radius 2 is 1.67 bits per heavy atom. The molecule has 0 aliphatic heterocycles. The van der Waals surface area contributed by atoms with Crippen molar-refractivity contribution < 1.29 is 27.4 Å². The van der Waals surface area contributed by atoms with Crippen molar-refractivity contribution in [2.45, 2.75) is 6.18 Å². The Morgan fingerprint density at radius 3 is 2.21 bits per heavy atom. The first-order valence-corrected chi connectivity index (χ1v) is 6.97. The molecular weight excluding hydrogens is 321 g/mol. The van der Waals surface area contributed by atoms with Crippen LogP contribution in [0.25, 0.3) is 6.08 Å². The molecule has 0 fully saturated rings. The molecule has 0 spiro atoms. The Bertz CT molecular complexity index is 747. The minimum Gasteiger partial charge on any atom is -0.497 e. The zero-order valence-corrected chi connectivity index (χ0v) is 13.1. The Hall–Kier alpha value is -2.76. The Labute approximate surface area is 137 Å². The van der Waals surface area contributed by atoms with Crippen LogP contribution in [0.5, 0.6) is 11.5 Å². The number of halogens is 3. The standard InChI is InChI=1S/C18H15F3O3/c1-23-15-8-10-17(24-2)13(11-15)5-9-16(22)12-3-6-14(7-4-12)18(19,20)21/h3-11H,1-2H3/b9-5+. The molecule has 0 radical (unpaired) electrons. The van der Waals surface area contributed by atoms with Gasteiger partial charge < -0.3 is 9.47 Å². The monoisotopic (exact) mass is 336 g/mol. The van der Waals surface area contributed by atoms with Crippen molar-refractivity contribution in [1.29, 1.82) is 0 Å². The number of ether oxygens (including phenoxy) is 2. The fourth-order valence-corrected chi connectivity index (χ4v) is 2.05. The van der Waals surface area contributed by atoms with Gasteiger partial charge in [-0.2, -0.15) is 13.2 Å². The van der Waals surface area contributed by atoms with Gasteiger partial charge in [-0.15, -0.1) is 0 Å². The molecule has 0 saturated heterocycles. The van der Waals surface area contributed by atoms with Crippen molar-refractivity contribution in [2.24, 2.45) is 0 Å². The van der Waals surface area contributed by atoms with Crippen LogP contribution in [0.2, 0.25) is 0 Å². The molecule has 2 aromatic rings. The maximum Gasteiger partial charge on any atom is 0.416 e. The van der Waals surface area contributed by atoms with Crippen LogP contribution in [0.15, 0.2) is 48.5 Å². The molecule has 0 bridgehead atoms. The Kier molecular flexibility index (Phi) is 5.28. The van der Waals surface area contributed by atoms with Gasteiger partial charge in [-0.3, -0.25) is 4.79 Å². The molecule has 126 valence electrons. The molecule has 6 heteroatoms. The summed E-state index contributed by atoms with van der Waals surface area (Å²) in [6, 6.07) is 9.17. The van der Waals surface area contributed by atoms with Crippen LogP contribution >= 0.6 is 0 Å². The summed E-state index contributed by atoms with van der Waals surface area (Å²) in [4.78, 5) is 12.1. The van der Waals surface area contributed by atoms with Gasteiger partial charge in [0, 0.05) is 11.1 Å². The van der Waals surface area contributed by atoms with Crippen LogP contribution in [-0.2, 0) is 6.18 Å². The maximum absolute atomic E-state index is 12.5. The third-order valence-corrected chi connectivity index (χ3v) is 3.35. The van der Waals surface area contributed by atoms with Gasteiger partial charge in [-0.1, -0.05) is 12.1 Å². The van der Waals surface area contributed by atoms with Crippen LogP contribution in [0, 0.1) is 0 Å². The lowest BCUT2D eigenvalue weighted by molar-refractivity contribution is -0.137. The Balaban J connectivity index is 2.21. The number of hydrogen-bond acceptors (Lipinski definition) is 3. The first kappa shape index (κ1) is 17.6. The summed E-state index contributed by atoms with van der Waals surface area (Å²) in [5.74, 6) is 0.735. The molecule has 0 aliphatic rings. The number of methoxy groups -OCH3 is 2. The third kappa shape index (κ3) is 4.16. The van der Waals surface area contributed by atoms with Gasteiger partial charge >= 0.3 is 6.18 Å². The van der Waals surface area contributed by atoms with Gasteiger partial charge in [0.15, 0.2) is 5.78 Å². The van der Waals surface area contributed by atoms with E-state index in [-0.39, 0.29) is 5.56 Å². The van der Waals surface area contributed by atoms with E-state index in [1.165, 1.54) is 26.4 Å². The summed E-state index contributed by atoms with van der Waals surface area (Å²) in [6.07, 6.45) is -1.62. The molecule has 0 atom stereocenters.